The van der Waals surface area contributed by atoms with E-state index in [1.807, 2.05) is 4.90 Å². The standard InChI is InChI=1S/C12H23NO3/c1-10(2)9-12(15)13-5-3-11(4-6-13)16-8-7-14/h10-11,14H,3-9H2,1-2H3. The van der Waals surface area contributed by atoms with Crippen molar-refractivity contribution in [3.05, 3.63) is 0 Å². The number of ether oxygens (including phenoxy) is 1. The number of aliphatic hydroxyl groups is 1. The summed E-state index contributed by atoms with van der Waals surface area (Å²) in [5, 5.41) is 8.65. The Kier molecular flexibility index (Phi) is 5.77. The molecule has 0 bridgehead atoms. The van der Waals surface area contributed by atoms with Crippen LogP contribution in [0.4, 0.5) is 0 Å². The van der Waals surface area contributed by atoms with Crippen LogP contribution in [0.5, 0.6) is 0 Å². The Hall–Kier alpha value is -0.610. The third kappa shape index (κ3) is 4.49. The lowest BCUT2D eigenvalue weighted by Gasteiger charge is -2.32. The number of carbonyl (C=O) groups excluding carboxylic acids is 1. The van der Waals surface area contributed by atoms with Gasteiger partial charge in [-0.25, -0.2) is 0 Å². The summed E-state index contributed by atoms with van der Waals surface area (Å²) in [7, 11) is 0. The molecule has 16 heavy (non-hydrogen) atoms. The molecule has 0 aliphatic carbocycles. The summed E-state index contributed by atoms with van der Waals surface area (Å²) in [6.45, 7) is 6.20. The fourth-order valence-electron chi connectivity index (χ4n) is 1.97. The smallest absolute Gasteiger partial charge is 0.222 e. The molecule has 0 saturated carbocycles. The Morgan fingerprint density at radius 3 is 2.56 bits per heavy atom. The molecule has 4 heteroatoms. The van der Waals surface area contributed by atoms with Gasteiger partial charge in [0, 0.05) is 19.5 Å². The zero-order valence-corrected chi connectivity index (χ0v) is 10.3. The number of rotatable bonds is 5. The zero-order chi connectivity index (χ0) is 12.0. The van der Waals surface area contributed by atoms with Crippen molar-refractivity contribution >= 4 is 5.91 Å². The van der Waals surface area contributed by atoms with Crippen molar-refractivity contribution in [1.82, 2.24) is 4.90 Å². The highest BCUT2D eigenvalue weighted by atomic mass is 16.5. The Labute approximate surface area is 97.6 Å². The summed E-state index contributed by atoms with van der Waals surface area (Å²) in [5.41, 5.74) is 0. The molecule has 4 nitrogen and oxygen atoms in total. The van der Waals surface area contributed by atoms with Gasteiger partial charge in [-0.2, -0.15) is 0 Å². The molecule has 1 aliphatic rings. The molecule has 1 rings (SSSR count). The number of amides is 1. The van der Waals surface area contributed by atoms with E-state index in [4.69, 9.17) is 9.84 Å². The number of likely N-dealkylation sites (tertiary alicyclic amines) is 1. The van der Waals surface area contributed by atoms with Crippen molar-refractivity contribution in [3.63, 3.8) is 0 Å². The summed E-state index contributed by atoms with van der Waals surface area (Å²) in [6.07, 6.45) is 2.64. The predicted octanol–water partition coefficient (Wildman–Crippen LogP) is 1.03. The minimum Gasteiger partial charge on any atom is -0.394 e. The lowest BCUT2D eigenvalue weighted by molar-refractivity contribution is -0.134. The third-order valence-electron chi connectivity index (χ3n) is 2.82. The van der Waals surface area contributed by atoms with Crippen LogP contribution < -0.4 is 0 Å². The maximum Gasteiger partial charge on any atom is 0.222 e. The summed E-state index contributed by atoms with van der Waals surface area (Å²) < 4.78 is 5.45. The molecule has 0 atom stereocenters. The van der Waals surface area contributed by atoms with E-state index < -0.39 is 0 Å². The van der Waals surface area contributed by atoms with Crippen LogP contribution in [-0.4, -0.2) is 48.3 Å². The second-order valence-corrected chi connectivity index (χ2v) is 4.77. The van der Waals surface area contributed by atoms with Crippen LogP contribution in [0.2, 0.25) is 0 Å². The molecule has 1 N–H and O–H groups in total. The van der Waals surface area contributed by atoms with Crippen molar-refractivity contribution in [2.45, 2.75) is 39.2 Å². The second-order valence-electron chi connectivity index (χ2n) is 4.77. The maximum atomic E-state index is 11.8. The average Bonchev–Trinajstić information content (AvgIpc) is 2.26. The summed E-state index contributed by atoms with van der Waals surface area (Å²) in [4.78, 5) is 13.7. The highest BCUT2D eigenvalue weighted by Gasteiger charge is 2.23. The first-order valence-corrected chi connectivity index (χ1v) is 6.13. The average molecular weight is 229 g/mol. The van der Waals surface area contributed by atoms with Crippen molar-refractivity contribution in [2.24, 2.45) is 5.92 Å². The Morgan fingerprint density at radius 2 is 2.06 bits per heavy atom. The van der Waals surface area contributed by atoms with Gasteiger partial charge in [-0.05, 0) is 18.8 Å². The largest absolute Gasteiger partial charge is 0.394 e. The number of hydrogen-bond donors (Lipinski definition) is 1. The quantitative estimate of drug-likeness (QED) is 0.766. The van der Waals surface area contributed by atoms with E-state index in [0.29, 0.717) is 18.9 Å². The third-order valence-corrected chi connectivity index (χ3v) is 2.82. The summed E-state index contributed by atoms with van der Waals surface area (Å²) in [5.74, 6) is 0.687. The molecule has 1 aliphatic heterocycles. The zero-order valence-electron chi connectivity index (χ0n) is 10.3. The Balaban J connectivity index is 2.23. The molecule has 0 aromatic heterocycles. The van der Waals surface area contributed by atoms with E-state index in [1.165, 1.54) is 0 Å². The fourth-order valence-corrected chi connectivity index (χ4v) is 1.97. The van der Waals surface area contributed by atoms with Gasteiger partial charge >= 0.3 is 0 Å². The minimum absolute atomic E-state index is 0.0759. The van der Waals surface area contributed by atoms with Gasteiger partial charge < -0.3 is 14.7 Å². The molecule has 0 radical (unpaired) electrons. The second kappa shape index (κ2) is 6.86. The van der Waals surface area contributed by atoms with Crippen molar-refractivity contribution in [3.8, 4) is 0 Å². The van der Waals surface area contributed by atoms with E-state index in [-0.39, 0.29) is 18.6 Å². The number of aliphatic hydroxyl groups excluding tert-OH is 1. The van der Waals surface area contributed by atoms with Crippen LogP contribution in [0, 0.1) is 5.92 Å². The molecular weight excluding hydrogens is 206 g/mol. The lowest BCUT2D eigenvalue weighted by atomic mass is 10.1. The number of piperidine rings is 1. The molecule has 1 fully saturated rings. The van der Waals surface area contributed by atoms with Gasteiger partial charge in [-0.15, -0.1) is 0 Å². The maximum absolute atomic E-state index is 11.8. The van der Waals surface area contributed by atoms with Gasteiger partial charge in [0.25, 0.3) is 0 Å². The molecule has 1 saturated heterocycles. The van der Waals surface area contributed by atoms with E-state index in [0.717, 1.165) is 25.9 Å². The number of hydrogen-bond acceptors (Lipinski definition) is 3. The van der Waals surface area contributed by atoms with Crippen LogP contribution in [0.3, 0.4) is 0 Å². The van der Waals surface area contributed by atoms with Gasteiger partial charge in [0.05, 0.1) is 19.3 Å². The van der Waals surface area contributed by atoms with Crippen LogP contribution in [-0.2, 0) is 9.53 Å². The molecule has 1 heterocycles. The minimum atomic E-state index is 0.0759. The molecule has 94 valence electrons. The highest BCUT2D eigenvalue weighted by molar-refractivity contribution is 5.76. The van der Waals surface area contributed by atoms with Crippen molar-refractivity contribution < 1.29 is 14.6 Å². The highest BCUT2D eigenvalue weighted by Crippen LogP contribution is 2.15. The van der Waals surface area contributed by atoms with E-state index >= 15 is 0 Å². The molecular formula is C12H23NO3. The molecule has 0 aromatic rings. The fraction of sp³-hybridized carbons (Fsp3) is 0.917. The van der Waals surface area contributed by atoms with E-state index in [1.54, 1.807) is 0 Å². The van der Waals surface area contributed by atoms with Crippen LogP contribution in [0.25, 0.3) is 0 Å². The summed E-state index contributed by atoms with van der Waals surface area (Å²) >= 11 is 0. The predicted molar refractivity (Wildman–Crippen MR) is 62.1 cm³/mol. The van der Waals surface area contributed by atoms with Gasteiger partial charge in [0.1, 0.15) is 0 Å². The van der Waals surface area contributed by atoms with Crippen LogP contribution >= 0.6 is 0 Å². The van der Waals surface area contributed by atoms with Gasteiger partial charge in [0.2, 0.25) is 5.91 Å². The van der Waals surface area contributed by atoms with Crippen LogP contribution in [0.1, 0.15) is 33.1 Å². The molecule has 0 aromatic carbocycles. The summed E-state index contributed by atoms with van der Waals surface area (Å²) in [6, 6.07) is 0. The number of carbonyl (C=O) groups is 1. The molecule has 1 amide bonds. The van der Waals surface area contributed by atoms with E-state index in [2.05, 4.69) is 13.8 Å². The number of nitrogens with zero attached hydrogens (tertiary/aromatic N) is 1. The SMILES string of the molecule is CC(C)CC(=O)N1CCC(OCCO)CC1. The Bertz CT molecular complexity index is 210. The first-order chi connectivity index (χ1) is 7.63. The van der Waals surface area contributed by atoms with Gasteiger partial charge in [-0.3, -0.25) is 4.79 Å². The van der Waals surface area contributed by atoms with Gasteiger partial charge in [-0.1, -0.05) is 13.8 Å². The van der Waals surface area contributed by atoms with Crippen molar-refractivity contribution in [2.75, 3.05) is 26.3 Å². The van der Waals surface area contributed by atoms with Crippen LogP contribution in [0.15, 0.2) is 0 Å². The van der Waals surface area contributed by atoms with Crippen molar-refractivity contribution in [1.29, 1.82) is 0 Å². The van der Waals surface area contributed by atoms with E-state index in [9.17, 15) is 4.79 Å². The monoisotopic (exact) mass is 229 g/mol. The molecule has 0 unspecified atom stereocenters. The molecule has 0 spiro atoms. The van der Waals surface area contributed by atoms with Gasteiger partial charge in [0.15, 0.2) is 0 Å². The first kappa shape index (κ1) is 13.5. The Morgan fingerprint density at radius 1 is 1.44 bits per heavy atom. The lowest BCUT2D eigenvalue weighted by Crippen LogP contribution is -2.41. The topological polar surface area (TPSA) is 49.8 Å². The first-order valence-electron chi connectivity index (χ1n) is 6.13. The normalized spacial score (nSPS) is 18.1.